The molecule has 0 aliphatic heterocycles. The molecule has 0 fully saturated rings. The van der Waals surface area contributed by atoms with Crippen LogP contribution in [-0.4, -0.2) is 27.2 Å². The van der Waals surface area contributed by atoms with Crippen molar-refractivity contribution >= 4 is 57.8 Å². The first-order chi connectivity index (χ1) is 8.67. The van der Waals surface area contributed by atoms with Crippen LogP contribution in [0.3, 0.4) is 0 Å². The van der Waals surface area contributed by atoms with Crippen molar-refractivity contribution in [2.75, 3.05) is 23.0 Å². The molecule has 0 saturated carbocycles. The lowest BCUT2D eigenvalue weighted by molar-refractivity contribution is 0.693. The molecule has 0 N–H and O–H groups in total. The van der Waals surface area contributed by atoms with Crippen molar-refractivity contribution in [2.24, 2.45) is 0 Å². The fourth-order valence-electron chi connectivity index (χ4n) is 1.01. The van der Waals surface area contributed by atoms with Gasteiger partial charge in [-0.1, -0.05) is 27.7 Å². The summed E-state index contributed by atoms with van der Waals surface area (Å²) in [7, 11) is -0.994. The van der Waals surface area contributed by atoms with Crippen LogP contribution in [0.1, 0.15) is 27.7 Å². The smallest absolute Gasteiger partial charge is 0.0735 e. The molecule has 0 atom stereocenters. The minimum absolute atomic E-state index is 0.994. The van der Waals surface area contributed by atoms with Crippen molar-refractivity contribution in [3.8, 4) is 0 Å². The van der Waals surface area contributed by atoms with Gasteiger partial charge in [0.05, 0.1) is 10.8 Å². The number of rotatable bonds is 10. The fraction of sp³-hybridized carbons (Fsp3) is 0.667. The standard InChI is InChI=1S/C12H22OS5/c1-5-14-11(15-6-2)9-18(13)10-12(16-7-3)17-8-4/h9-10H,5-8H2,1-4H3. The van der Waals surface area contributed by atoms with E-state index in [0.717, 1.165) is 23.0 Å². The van der Waals surface area contributed by atoms with Crippen LogP contribution in [0, 0.1) is 0 Å². The summed E-state index contributed by atoms with van der Waals surface area (Å²) in [4.78, 5) is 0. The Labute approximate surface area is 131 Å². The maximum Gasteiger partial charge on any atom is 0.0735 e. The summed E-state index contributed by atoms with van der Waals surface area (Å²) in [6.45, 7) is 8.50. The van der Waals surface area contributed by atoms with Gasteiger partial charge in [0.25, 0.3) is 0 Å². The summed E-state index contributed by atoms with van der Waals surface area (Å²) in [6.07, 6.45) is 0. The van der Waals surface area contributed by atoms with Crippen LogP contribution in [0.25, 0.3) is 0 Å². The van der Waals surface area contributed by atoms with Gasteiger partial charge in [-0.15, -0.1) is 47.0 Å². The molecule has 0 spiro atoms. The number of hydrogen-bond acceptors (Lipinski definition) is 5. The Hall–Kier alpha value is 1.03. The molecule has 0 aromatic rings. The molecule has 0 unspecified atom stereocenters. The summed E-state index contributed by atoms with van der Waals surface area (Å²) >= 11 is 7.09. The van der Waals surface area contributed by atoms with Crippen LogP contribution in [0.2, 0.25) is 0 Å². The van der Waals surface area contributed by atoms with E-state index in [2.05, 4.69) is 27.7 Å². The molecule has 0 saturated heterocycles. The molecule has 6 heteroatoms. The zero-order valence-corrected chi connectivity index (χ0v) is 15.5. The Morgan fingerprint density at radius 3 is 1.28 bits per heavy atom. The van der Waals surface area contributed by atoms with Crippen molar-refractivity contribution in [1.82, 2.24) is 0 Å². The molecule has 0 radical (unpaired) electrons. The SMILES string of the molecule is CCSC(=CS(=O)C=C(SCC)SCC)SCC. The van der Waals surface area contributed by atoms with Crippen molar-refractivity contribution in [1.29, 1.82) is 0 Å². The van der Waals surface area contributed by atoms with E-state index >= 15 is 0 Å². The first-order valence-corrected chi connectivity index (χ1v) is 11.2. The molecule has 0 aromatic heterocycles. The predicted octanol–water partition coefficient (Wildman–Crippen LogP) is 5.35. The Balaban J connectivity index is 4.66. The second-order valence-corrected chi connectivity index (χ2v) is 9.80. The maximum atomic E-state index is 12.1. The Morgan fingerprint density at radius 1 is 0.778 bits per heavy atom. The molecule has 0 aromatic carbocycles. The third-order valence-electron chi connectivity index (χ3n) is 1.57. The highest BCUT2D eigenvalue weighted by Crippen LogP contribution is 2.31. The molecule has 0 rings (SSSR count). The lowest BCUT2D eigenvalue weighted by atomic mass is 11.0. The van der Waals surface area contributed by atoms with Crippen molar-refractivity contribution in [3.63, 3.8) is 0 Å². The van der Waals surface area contributed by atoms with Crippen molar-refractivity contribution < 1.29 is 4.21 Å². The van der Waals surface area contributed by atoms with Crippen LogP contribution in [0.4, 0.5) is 0 Å². The predicted molar refractivity (Wildman–Crippen MR) is 96.8 cm³/mol. The summed E-state index contributed by atoms with van der Waals surface area (Å²) in [6, 6.07) is 0. The van der Waals surface area contributed by atoms with Gasteiger partial charge in [0.1, 0.15) is 0 Å². The fourth-order valence-corrected chi connectivity index (χ4v) is 6.91. The van der Waals surface area contributed by atoms with E-state index in [9.17, 15) is 4.21 Å². The summed E-state index contributed by atoms with van der Waals surface area (Å²) in [5, 5.41) is 3.77. The Morgan fingerprint density at radius 2 is 1.06 bits per heavy atom. The van der Waals surface area contributed by atoms with Gasteiger partial charge in [-0.3, -0.25) is 4.21 Å². The lowest BCUT2D eigenvalue weighted by Crippen LogP contribution is -1.84. The van der Waals surface area contributed by atoms with E-state index in [4.69, 9.17) is 0 Å². The van der Waals surface area contributed by atoms with Crippen molar-refractivity contribution in [3.05, 3.63) is 19.3 Å². The van der Waals surface area contributed by atoms with Gasteiger partial charge < -0.3 is 0 Å². The average Bonchev–Trinajstić information content (AvgIpc) is 2.30. The van der Waals surface area contributed by atoms with Crippen LogP contribution < -0.4 is 0 Å². The van der Waals surface area contributed by atoms with Gasteiger partial charge in [-0.05, 0) is 23.0 Å². The highest BCUT2D eigenvalue weighted by atomic mass is 32.2. The average molecular weight is 343 g/mol. The second-order valence-electron chi connectivity index (χ2n) is 2.93. The zero-order chi connectivity index (χ0) is 13.8. The van der Waals surface area contributed by atoms with Crippen molar-refractivity contribution in [2.45, 2.75) is 27.7 Å². The zero-order valence-electron chi connectivity index (χ0n) is 11.4. The number of hydrogen-bond donors (Lipinski definition) is 0. The summed E-state index contributed by atoms with van der Waals surface area (Å²) in [5.74, 6) is 4.11. The highest BCUT2D eigenvalue weighted by molar-refractivity contribution is 8.23. The summed E-state index contributed by atoms with van der Waals surface area (Å²) < 4.78 is 14.4. The van der Waals surface area contributed by atoms with Gasteiger partial charge >= 0.3 is 0 Å². The quantitative estimate of drug-likeness (QED) is 0.531. The first kappa shape index (κ1) is 19.0. The van der Waals surface area contributed by atoms with E-state index in [1.165, 1.54) is 8.47 Å². The van der Waals surface area contributed by atoms with E-state index < -0.39 is 10.8 Å². The normalized spacial score (nSPS) is 10.5. The maximum absolute atomic E-state index is 12.1. The van der Waals surface area contributed by atoms with E-state index in [1.807, 2.05) is 10.8 Å². The number of thioether (sulfide) groups is 4. The van der Waals surface area contributed by atoms with E-state index in [1.54, 1.807) is 47.0 Å². The molecule has 0 aliphatic carbocycles. The molecule has 0 bridgehead atoms. The molecule has 0 heterocycles. The summed E-state index contributed by atoms with van der Waals surface area (Å²) in [5.41, 5.74) is 0. The van der Waals surface area contributed by atoms with Gasteiger partial charge in [-0.25, -0.2) is 0 Å². The van der Waals surface area contributed by atoms with Crippen LogP contribution >= 0.6 is 47.0 Å². The molecular formula is C12H22OS5. The highest BCUT2D eigenvalue weighted by Gasteiger charge is 2.02. The topological polar surface area (TPSA) is 17.1 Å². The molecule has 18 heavy (non-hydrogen) atoms. The minimum atomic E-state index is -0.994. The van der Waals surface area contributed by atoms with Gasteiger partial charge in [0, 0.05) is 19.3 Å². The Kier molecular flexibility index (Phi) is 13.8. The van der Waals surface area contributed by atoms with E-state index in [-0.39, 0.29) is 0 Å². The lowest BCUT2D eigenvalue weighted by Gasteiger charge is -2.04. The molecule has 0 amide bonds. The molecule has 106 valence electrons. The third-order valence-corrected chi connectivity index (χ3v) is 7.28. The van der Waals surface area contributed by atoms with E-state index in [0.29, 0.717) is 0 Å². The molecule has 1 nitrogen and oxygen atoms in total. The van der Waals surface area contributed by atoms with Crippen LogP contribution in [0.15, 0.2) is 19.3 Å². The second kappa shape index (κ2) is 13.0. The minimum Gasteiger partial charge on any atom is -0.250 e. The van der Waals surface area contributed by atoms with Crippen LogP contribution in [-0.2, 0) is 10.8 Å². The third kappa shape index (κ3) is 9.89. The first-order valence-electron chi connectivity index (χ1n) is 6.02. The van der Waals surface area contributed by atoms with Gasteiger partial charge in [0.2, 0.25) is 0 Å². The van der Waals surface area contributed by atoms with Gasteiger partial charge in [0.15, 0.2) is 0 Å². The molecule has 0 aliphatic rings. The van der Waals surface area contributed by atoms with Crippen LogP contribution in [0.5, 0.6) is 0 Å². The van der Waals surface area contributed by atoms with Gasteiger partial charge in [-0.2, -0.15) is 0 Å². The molecular weight excluding hydrogens is 320 g/mol. The Bertz CT molecular complexity index is 255. The largest absolute Gasteiger partial charge is 0.250 e. The monoisotopic (exact) mass is 342 g/mol.